The van der Waals surface area contributed by atoms with Crippen molar-refractivity contribution in [1.29, 1.82) is 0 Å². The van der Waals surface area contributed by atoms with E-state index >= 15 is 0 Å². The fourth-order valence-corrected chi connectivity index (χ4v) is 2.62. The maximum absolute atomic E-state index is 12.9. The lowest BCUT2D eigenvalue weighted by atomic mass is 10.0. The summed E-state index contributed by atoms with van der Waals surface area (Å²) in [5.74, 6) is -0.260. The van der Waals surface area contributed by atoms with Crippen molar-refractivity contribution in [1.82, 2.24) is 0 Å². The molecule has 18 heavy (non-hydrogen) atoms. The monoisotopic (exact) mass is 282 g/mol. The molecule has 1 heterocycles. The van der Waals surface area contributed by atoms with Gasteiger partial charge in [0, 0.05) is 17.9 Å². The van der Waals surface area contributed by atoms with Gasteiger partial charge in [-0.25, -0.2) is 4.39 Å². The fourth-order valence-electron chi connectivity index (χ4n) is 1.68. The third kappa shape index (κ3) is 3.65. The van der Waals surface area contributed by atoms with Crippen LogP contribution in [0.4, 0.5) is 4.39 Å². The van der Waals surface area contributed by atoms with Crippen LogP contribution in [-0.4, -0.2) is 5.78 Å². The van der Waals surface area contributed by atoms with E-state index in [1.807, 2.05) is 16.8 Å². The molecular weight excluding hydrogens is 271 g/mol. The van der Waals surface area contributed by atoms with Crippen molar-refractivity contribution in [3.05, 3.63) is 57.0 Å². The molecule has 0 aliphatic rings. The second kappa shape index (κ2) is 6.12. The van der Waals surface area contributed by atoms with Crippen molar-refractivity contribution in [2.75, 3.05) is 0 Å². The van der Waals surface area contributed by atoms with E-state index in [1.165, 1.54) is 17.7 Å². The van der Waals surface area contributed by atoms with Gasteiger partial charge in [-0.2, -0.15) is 11.3 Å². The van der Waals surface area contributed by atoms with Gasteiger partial charge in [-0.15, -0.1) is 0 Å². The zero-order valence-corrected chi connectivity index (χ0v) is 11.2. The smallest absolute Gasteiger partial charge is 0.137 e. The van der Waals surface area contributed by atoms with E-state index in [2.05, 4.69) is 0 Å². The van der Waals surface area contributed by atoms with Gasteiger partial charge >= 0.3 is 0 Å². The Morgan fingerprint density at radius 1 is 1.33 bits per heavy atom. The Balaban J connectivity index is 1.91. The summed E-state index contributed by atoms with van der Waals surface area (Å²) >= 11 is 7.51. The average Bonchev–Trinajstić information content (AvgIpc) is 2.83. The molecule has 0 fully saturated rings. The minimum Gasteiger partial charge on any atom is -0.299 e. The predicted octanol–water partition coefficient (Wildman–Crippen LogP) is 4.29. The van der Waals surface area contributed by atoms with Crippen LogP contribution in [-0.2, 0) is 17.6 Å². The van der Waals surface area contributed by atoms with E-state index in [0.717, 1.165) is 6.42 Å². The number of hydrogen-bond acceptors (Lipinski definition) is 2. The van der Waals surface area contributed by atoms with Crippen LogP contribution in [0.5, 0.6) is 0 Å². The summed E-state index contributed by atoms with van der Waals surface area (Å²) in [6, 6.07) is 6.15. The number of aryl methyl sites for hydroxylation is 1. The third-order valence-corrected chi connectivity index (χ3v) is 3.76. The van der Waals surface area contributed by atoms with Crippen molar-refractivity contribution in [2.24, 2.45) is 0 Å². The van der Waals surface area contributed by atoms with Crippen molar-refractivity contribution in [3.63, 3.8) is 0 Å². The number of thiophene rings is 1. The first-order valence-corrected chi connectivity index (χ1v) is 6.94. The molecule has 1 aromatic carbocycles. The molecule has 0 aliphatic heterocycles. The normalized spacial score (nSPS) is 10.6. The first-order valence-electron chi connectivity index (χ1n) is 5.62. The Bertz CT molecular complexity index is 537. The van der Waals surface area contributed by atoms with Crippen LogP contribution < -0.4 is 0 Å². The van der Waals surface area contributed by atoms with Crippen molar-refractivity contribution in [2.45, 2.75) is 19.3 Å². The van der Waals surface area contributed by atoms with Crippen molar-refractivity contribution in [3.8, 4) is 0 Å². The number of hydrogen-bond donors (Lipinski definition) is 0. The number of ketones is 1. The molecule has 0 saturated heterocycles. The summed E-state index contributed by atoms with van der Waals surface area (Å²) in [5.41, 5.74) is 1.87. The second-order valence-corrected chi connectivity index (χ2v) is 5.27. The van der Waals surface area contributed by atoms with Gasteiger partial charge in [-0.05, 0) is 46.5 Å². The standard InChI is InChI=1S/C14H12ClFOS/c15-14-8-12(16)3-2-11(14)7-13(17)4-1-10-5-6-18-9-10/h2-3,5-6,8-9H,1,4,7H2. The van der Waals surface area contributed by atoms with E-state index in [9.17, 15) is 9.18 Å². The van der Waals surface area contributed by atoms with Crippen LogP contribution in [0.1, 0.15) is 17.5 Å². The Morgan fingerprint density at radius 3 is 2.83 bits per heavy atom. The van der Waals surface area contributed by atoms with Gasteiger partial charge in [-0.1, -0.05) is 17.7 Å². The Kier molecular flexibility index (Phi) is 4.50. The summed E-state index contributed by atoms with van der Waals surface area (Å²) < 4.78 is 12.9. The van der Waals surface area contributed by atoms with Crippen LogP contribution in [0.3, 0.4) is 0 Å². The van der Waals surface area contributed by atoms with E-state index in [-0.39, 0.29) is 18.0 Å². The number of halogens is 2. The highest BCUT2D eigenvalue weighted by atomic mass is 35.5. The van der Waals surface area contributed by atoms with E-state index in [4.69, 9.17) is 11.6 Å². The van der Waals surface area contributed by atoms with Crippen molar-refractivity contribution < 1.29 is 9.18 Å². The molecule has 2 aromatic rings. The first kappa shape index (κ1) is 13.2. The van der Waals surface area contributed by atoms with Gasteiger partial charge in [0.05, 0.1) is 0 Å². The average molecular weight is 283 g/mol. The van der Waals surface area contributed by atoms with Gasteiger partial charge in [0.15, 0.2) is 0 Å². The number of carbonyl (C=O) groups is 1. The molecular formula is C14H12ClFOS. The molecule has 0 N–H and O–H groups in total. The Hall–Kier alpha value is -1.19. The molecule has 4 heteroatoms. The van der Waals surface area contributed by atoms with E-state index < -0.39 is 0 Å². The lowest BCUT2D eigenvalue weighted by Crippen LogP contribution is -2.04. The third-order valence-electron chi connectivity index (χ3n) is 2.68. The zero-order chi connectivity index (χ0) is 13.0. The lowest BCUT2D eigenvalue weighted by molar-refractivity contribution is -0.118. The molecule has 0 aliphatic carbocycles. The molecule has 0 radical (unpaired) electrons. The highest BCUT2D eigenvalue weighted by Gasteiger charge is 2.08. The largest absolute Gasteiger partial charge is 0.299 e. The second-order valence-electron chi connectivity index (χ2n) is 4.08. The summed E-state index contributed by atoms with van der Waals surface area (Å²) in [6.07, 6.45) is 1.51. The van der Waals surface area contributed by atoms with Crippen LogP contribution in [0.15, 0.2) is 35.0 Å². The summed E-state index contributed by atoms with van der Waals surface area (Å²) in [6.45, 7) is 0. The van der Waals surface area contributed by atoms with E-state index in [1.54, 1.807) is 17.4 Å². The number of Topliss-reactive ketones (excluding diaryl/α,β-unsaturated/α-hetero) is 1. The van der Waals surface area contributed by atoms with Gasteiger partial charge in [0.2, 0.25) is 0 Å². The van der Waals surface area contributed by atoms with Gasteiger partial charge in [-0.3, -0.25) is 4.79 Å². The minimum absolute atomic E-state index is 0.120. The Labute approximate surface area is 114 Å². The molecule has 2 rings (SSSR count). The quantitative estimate of drug-likeness (QED) is 0.800. The molecule has 1 aromatic heterocycles. The number of rotatable bonds is 5. The van der Waals surface area contributed by atoms with Crippen LogP contribution >= 0.6 is 22.9 Å². The van der Waals surface area contributed by atoms with Crippen molar-refractivity contribution >= 4 is 28.7 Å². The Morgan fingerprint density at radius 2 is 2.17 bits per heavy atom. The summed E-state index contributed by atoms with van der Waals surface area (Å²) in [5, 5.41) is 4.35. The molecule has 0 spiro atoms. The SMILES string of the molecule is O=C(CCc1ccsc1)Cc1ccc(F)cc1Cl. The maximum atomic E-state index is 12.9. The number of benzene rings is 1. The summed E-state index contributed by atoms with van der Waals surface area (Å²) in [7, 11) is 0. The number of carbonyl (C=O) groups excluding carboxylic acids is 1. The van der Waals surface area contributed by atoms with Crippen LogP contribution in [0.2, 0.25) is 5.02 Å². The highest BCUT2D eigenvalue weighted by molar-refractivity contribution is 7.07. The predicted molar refractivity (Wildman–Crippen MR) is 72.8 cm³/mol. The van der Waals surface area contributed by atoms with Crippen LogP contribution in [0.25, 0.3) is 0 Å². The molecule has 0 atom stereocenters. The molecule has 0 amide bonds. The lowest BCUT2D eigenvalue weighted by Gasteiger charge is -2.03. The van der Waals surface area contributed by atoms with Crippen LogP contribution in [0, 0.1) is 5.82 Å². The van der Waals surface area contributed by atoms with E-state index in [0.29, 0.717) is 17.0 Å². The maximum Gasteiger partial charge on any atom is 0.137 e. The molecule has 1 nitrogen and oxygen atoms in total. The zero-order valence-electron chi connectivity index (χ0n) is 9.66. The topological polar surface area (TPSA) is 17.1 Å². The van der Waals surface area contributed by atoms with Gasteiger partial charge in [0.1, 0.15) is 11.6 Å². The molecule has 0 unspecified atom stereocenters. The fraction of sp³-hybridized carbons (Fsp3) is 0.214. The molecule has 94 valence electrons. The van der Waals surface area contributed by atoms with Gasteiger partial charge < -0.3 is 0 Å². The highest BCUT2D eigenvalue weighted by Crippen LogP contribution is 2.19. The van der Waals surface area contributed by atoms with Gasteiger partial charge in [0.25, 0.3) is 0 Å². The molecule has 0 saturated carbocycles. The minimum atomic E-state index is -0.380. The molecule has 0 bridgehead atoms. The summed E-state index contributed by atoms with van der Waals surface area (Å²) in [4.78, 5) is 11.8. The first-order chi connectivity index (χ1) is 8.65.